The minimum Gasteiger partial charge on any atom is -0.386 e. The second-order valence-corrected chi connectivity index (χ2v) is 6.35. The maximum Gasteiger partial charge on any atom is 0.104 e. The predicted molar refractivity (Wildman–Crippen MR) is 69.5 cm³/mol. The Hall–Kier alpha value is -0.600. The minimum absolute atomic E-state index is 0.358. The molecule has 2 aliphatic carbocycles. The van der Waals surface area contributed by atoms with Crippen LogP contribution in [0.15, 0.2) is 23.3 Å². The van der Waals surface area contributed by atoms with Crippen LogP contribution in [0, 0.1) is 17.3 Å². The summed E-state index contributed by atoms with van der Waals surface area (Å²) in [6, 6.07) is 0. The van der Waals surface area contributed by atoms with Gasteiger partial charge >= 0.3 is 0 Å². The Kier molecular flexibility index (Phi) is 3.21. The molecular weight excluding hydrogens is 212 g/mol. The molecule has 0 amide bonds. The summed E-state index contributed by atoms with van der Waals surface area (Å²) < 4.78 is 0. The van der Waals surface area contributed by atoms with Gasteiger partial charge in [-0.15, -0.1) is 0 Å². The Morgan fingerprint density at radius 1 is 1.18 bits per heavy atom. The lowest BCUT2D eigenvalue weighted by atomic mass is 9.98. The Morgan fingerprint density at radius 3 is 2.47 bits per heavy atom. The van der Waals surface area contributed by atoms with Gasteiger partial charge in [0.15, 0.2) is 0 Å². The monoisotopic (exact) mass is 236 g/mol. The number of rotatable bonds is 0. The summed E-state index contributed by atoms with van der Waals surface area (Å²) >= 11 is 0. The molecule has 2 heteroatoms. The summed E-state index contributed by atoms with van der Waals surface area (Å²) in [5.41, 5.74) is 2.45. The lowest BCUT2D eigenvalue weighted by molar-refractivity contribution is 0.0721. The maximum atomic E-state index is 10.0. The second-order valence-electron chi connectivity index (χ2n) is 6.35. The predicted octanol–water partition coefficient (Wildman–Crippen LogP) is 2.67. The van der Waals surface area contributed by atoms with Crippen LogP contribution in [0.5, 0.6) is 0 Å². The first kappa shape index (κ1) is 12.8. The van der Waals surface area contributed by atoms with E-state index < -0.39 is 12.2 Å². The molecule has 0 unspecified atom stereocenters. The largest absolute Gasteiger partial charge is 0.386 e. The number of hydrogen-bond acceptors (Lipinski definition) is 2. The SMILES string of the molecule is C/C1=C\[C@@H](O)[C@H](O)/C(C)=C/[C@@H]2[C@H](CC1)C2(C)C. The third-order valence-electron chi connectivity index (χ3n) is 4.68. The van der Waals surface area contributed by atoms with Gasteiger partial charge in [0.25, 0.3) is 0 Å². The molecule has 1 fully saturated rings. The van der Waals surface area contributed by atoms with Crippen LogP contribution in [0.25, 0.3) is 0 Å². The first-order chi connectivity index (χ1) is 7.84. The van der Waals surface area contributed by atoms with Crippen molar-refractivity contribution in [1.82, 2.24) is 0 Å². The molecule has 0 radical (unpaired) electrons. The minimum atomic E-state index is -0.760. The Bertz CT molecular complexity index is 365. The molecule has 2 rings (SSSR count). The molecule has 0 spiro atoms. The topological polar surface area (TPSA) is 40.5 Å². The lowest BCUT2D eigenvalue weighted by Gasteiger charge is -2.17. The summed E-state index contributed by atoms with van der Waals surface area (Å²) in [5, 5.41) is 19.9. The molecule has 0 aromatic rings. The van der Waals surface area contributed by atoms with Gasteiger partial charge in [0.1, 0.15) is 12.2 Å². The van der Waals surface area contributed by atoms with E-state index in [-0.39, 0.29) is 0 Å². The van der Waals surface area contributed by atoms with Gasteiger partial charge < -0.3 is 10.2 Å². The molecule has 0 aliphatic heterocycles. The van der Waals surface area contributed by atoms with E-state index in [2.05, 4.69) is 19.9 Å². The van der Waals surface area contributed by atoms with Gasteiger partial charge in [0, 0.05) is 0 Å². The molecule has 2 nitrogen and oxygen atoms in total. The first-order valence-electron chi connectivity index (χ1n) is 6.55. The van der Waals surface area contributed by atoms with E-state index in [1.54, 1.807) is 6.08 Å². The number of allylic oxidation sites excluding steroid dienone is 2. The summed E-state index contributed by atoms with van der Waals surface area (Å²) in [4.78, 5) is 0. The van der Waals surface area contributed by atoms with E-state index in [1.165, 1.54) is 12.0 Å². The molecule has 0 saturated heterocycles. The molecule has 96 valence electrons. The number of aliphatic hydroxyl groups excluding tert-OH is 2. The highest BCUT2D eigenvalue weighted by atomic mass is 16.3. The average Bonchev–Trinajstić information content (AvgIpc) is 2.74. The van der Waals surface area contributed by atoms with Crippen LogP contribution < -0.4 is 0 Å². The fraction of sp³-hybridized carbons (Fsp3) is 0.733. The highest BCUT2D eigenvalue weighted by Gasteiger charge is 2.55. The van der Waals surface area contributed by atoms with Crippen LogP contribution in [-0.4, -0.2) is 22.4 Å². The molecular formula is C15H24O2. The molecule has 0 bridgehead atoms. The molecule has 0 heterocycles. The lowest BCUT2D eigenvalue weighted by Crippen LogP contribution is -2.25. The standard InChI is InChI=1S/C15H24O2/c1-9-5-6-11-12(15(11,3)4)8-10(2)14(17)13(16)7-9/h7-8,11-14,16-17H,5-6H2,1-4H3/b9-7+,10-8+/t11-,12+,13+,14+/m0/s1. The summed E-state index contributed by atoms with van der Waals surface area (Å²) in [6.07, 6.45) is 4.68. The van der Waals surface area contributed by atoms with E-state index >= 15 is 0 Å². The Morgan fingerprint density at radius 2 is 1.82 bits per heavy atom. The van der Waals surface area contributed by atoms with Crippen LogP contribution >= 0.6 is 0 Å². The smallest absolute Gasteiger partial charge is 0.104 e. The van der Waals surface area contributed by atoms with Gasteiger partial charge in [-0.3, -0.25) is 0 Å². The molecule has 2 N–H and O–H groups in total. The van der Waals surface area contributed by atoms with Crippen molar-refractivity contribution in [3.63, 3.8) is 0 Å². The molecule has 0 aromatic heterocycles. The van der Waals surface area contributed by atoms with Crippen molar-refractivity contribution in [3.8, 4) is 0 Å². The fourth-order valence-electron chi connectivity index (χ4n) is 3.17. The zero-order valence-corrected chi connectivity index (χ0v) is 11.3. The molecule has 17 heavy (non-hydrogen) atoms. The first-order valence-corrected chi connectivity index (χ1v) is 6.55. The summed E-state index contributed by atoms with van der Waals surface area (Å²) in [6.45, 7) is 8.56. The van der Waals surface area contributed by atoms with E-state index in [0.717, 1.165) is 17.9 Å². The van der Waals surface area contributed by atoms with Crippen molar-refractivity contribution in [2.45, 2.75) is 52.7 Å². The van der Waals surface area contributed by atoms with Gasteiger partial charge in [-0.2, -0.15) is 0 Å². The zero-order valence-electron chi connectivity index (χ0n) is 11.3. The van der Waals surface area contributed by atoms with Crippen molar-refractivity contribution in [3.05, 3.63) is 23.3 Å². The van der Waals surface area contributed by atoms with Crippen molar-refractivity contribution in [1.29, 1.82) is 0 Å². The Balaban J connectivity index is 2.26. The molecule has 1 saturated carbocycles. The zero-order chi connectivity index (χ0) is 12.8. The van der Waals surface area contributed by atoms with Crippen molar-refractivity contribution >= 4 is 0 Å². The van der Waals surface area contributed by atoms with Gasteiger partial charge in [-0.1, -0.05) is 31.6 Å². The number of fused-ring (bicyclic) bond motifs is 1. The van der Waals surface area contributed by atoms with Crippen LogP contribution in [0.3, 0.4) is 0 Å². The Labute approximate surface area is 104 Å². The fourth-order valence-corrected chi connectivity index (χ4v) is 3.17. The maximum absolute atomic E-state index is 10.0. The van der Waals surface area contributed by atoms with E-state index in [9.17, 15) is 10.2 Å². The highest BCUT2D eigenvalue weighted by Crippen LogP contribution is 2.61. The van der Waals surface area contributed by atoms with E-state index in [4.69, 9.17) is 0 Å². The summed E-state index contributed by atoms with van der Waals surface area (Å²) in [7, 11) is 0. The normalized spacial score (nSPS) is 47.2. The quantitative estimate of drug-likeness (QED) is 0.635. The third-order valence-corrected chi connectivity index (χ3v) is 4.68. The van der Waals surface area contributed by atoms with E-state index in [1.807, 2.05) is 13.8 Å². The van der Waals surface area contributed by atoms with Gasteiger partial charge in [0.05, 0.1) is 0 Å². The third kappa shape index (κ3) is 2.34. The van der Waals surface area contributed by atoms with Crippen molar-refractivity contribution in [2.24, 2.45) is 17.3 Å². The van der Waals surface area contributed by atoms with Crippen LogP contribution in [0.4, 0.5) is 0 Å². The van der Waals surface area contributed by atoms with Gasteiger partial charge in [-0.25, -0.2) is 0 Å². The van der Waals surface area contributed by atoms with Gasteiger partial charge in [-0.05, 0) is 49.5 Å². The van der Waals surface area contributed by atoms with Crippen LogP contribution in [-0.2, 0) is 0 Å². The second kappa shape index (κ2) is 4.25. The molecule has 0 aromatic carbocycles. The van der Waals surface area contributed by atoms with Crippen LogP contribution in [0.2, 0.25) is 0 Å². The van der Waals surface area contributed by atoms with Crippen molar-refractivity contribution < 1.29 is 10.2 Å². The number of hydrogen-bond donors (Lipinski definition) is 2. The molecule has 4 atom stereocenters. The highest BCUT2D eigenvalue weighted by molar-refractivity contribution is 5.23. The number of aliphatic hydroxyl groups is 2. The molecule has 2 aliphatic rings. The summed E-state index contributed by atoms with van der Waals surface area (Å²) in [5.74, 6) is 1.29. The van der Waals surface area contributed by atoms with Crippen LogP contribution in [0.1, 0.15) is 40.5 Å². The van der Waals surface area contributed by atoms with Gasteiger partial charge in [0.2, 0.25) is 0 Å². The van der Waals surface area contributed by atoms with Crippen molar-refractivity contribution in [2.75, 3.05) is 0 Å². The average molecular weight is 236 g/mol. The van der Waals surface area contributed by atoms with E-state index in [0.29, 0.717) is 11.3 Å².